The van der Waals surface area contributed by atoms with Crippen molar-refractivity contribution in [2.75, 3.05) is 26.2 Å². The summed E-state index contributed by atoms with van der Waals surface area (Å²) in [6.45, 7) is 3.68. The Morgan fingerprint density at radius 3 is 2.21 bits per heavy atom. The van der Waals surface area contributed by atoms with Crippen LogP contribution in [0.2, 0.25) is 0 Å². The summed E-state index contributed by atoms with van der Waals surface area (Å²) < 4.78 is 0. The average molecular weight is 376 g/mol. The van der Waals surface area contributed by atoms with Gasteiger partial charge in [-0.25, -0.2) is 0 Å². The molecule has 1 aliphatic heterocycles. The first-order chi connectivity index (χ1) is 13.5. The first-order valence-corrected chi connectivity index (χ1v) is 9.47. The molecule has 3 aromatic rings. The Hall–Kier alpha value is -3.12. The predicted octanol–water partition coefficient (Wildman–Crippen LogP) is 2.33. The highest BCUT2D eigenvalue weighted by molar-refractivity contribution is 5.98. The number of nitrogens with two attached hydrogens (primary N) is 1. The molecule has 144 valence electrons. The SMILES string of the molecule is CC(N)(C(=O)N1CCN(C(=O)c2cc3ccccc3[nH]2)CC1)c1ccccc1. The zero-order valence-electron chi connectivity index (χ0n) is 15.9. The van der Waals surface area contributed by atoms with Crippen LogP contribution in [0.5, 0.6) is 0 Å². The highest BCUT2D eigenvalue weighted by Crippen LogP contribution is 2.22. The number of piperazine rings is 1. The molecule has 1 saturated heterocycles. The van der Waals surface area contributed by atoms with Crippen molar-refractivity contribution < 1.29 is 9.59 Å². The summed E-state index contributed by atoms with van der Waals surface area (Å²) in [5.41, 5.74) is 7.60. The predicted molar refractivity (Wildman–Crippen MR) is 109 cm³/mol. The van der Waals surface area contributed by atoms with Gasteiger partial charge in [0.05, 0.1) is 0 Å². The van der Waals surface area contributed by atoms with Gasteiger partial charge in [0.15, 0.2) is 0 Å². The Morgan fingerprint density at radius 1 is 0.929 bits per heavy atom. The Balaban J connectivity index is 1.42. The normalized spacial score (nSPS) is 16.8. The third-order valence-electron chi connectivity index (χ3n) is 5.43. The number of aromatic amines is 1. The lowest BCUT2D eigenvalue weighted by Gasteiger charge is -2.38. The first-order valence-electron chi connectivity index (χ1n) is 9.47. The molecule has 4 rings (SSSR count). The summed E-state index contributed by atoms with van der Waals surface area (Å²) in [5.74, 6) is -0.154. The van der Waals surface area contributed by atoms with Crippen LogP contribution in [0.1, 0.15) is 23.0 Å². The quantitative estimate of drug-likeness (QED) is 0.736. The molecule has 1 aliphatic rings. The Kier molecular flexibility index (Phi) is 4.65. The minimum absolute atomic E-state index is 0.0399. The molecular weight excluding hydrogens is 352 g/mol. The van der Waals surface area contributed by atoms with Crippen LogP contribution in [-0.4, -0.2) is 52.8 Å². The molecular formula is C22H24N4O2. The van der Waals surface area contributed by atoms with Crippen molar-refractivity contribution >= 4 is 22.7 Å². The first kappa shape index (κ1) is 18.3. The van der Waals surface area contributed by atoms with Gasteiger partial charge in [-0.1, -0.05) is 48.5 Å². The van der Waals surface area contributed by atoms with E-state index in [2.05, 4.69) is 4.98 Å². The van der Waals surface area contributed by atoms with Crippen molar-refractivity contribution in [3.05, 3.63) is 71.9 Å². The van der Waals surface area contributed by atoms with E-state index in [1.807, 2.05) is 60.7 Å². The van der Waals surface area contributed by atoms with Gasteiger partial charge in [0.25, 0.3) is 5.91 Å². The van der Waals surface area contributed by atoms with Crippen molar-refractivity contribution in [2.45, 2.75) is 12.5 Å². The molecule has 0 aliphatic carbocycles. The van der Waals surface area contributed by atoms with E-state index >= 15 is 0 Å². The van der Waals surface area contributed by atoms with Crippen molar-refractivity contribution in [2.24, 2.45) is 5.73 Å². The van der Waals surface area contributed by atoms with Crippen molar-refractivity contribution in [3.8, 4) is 0 Å². The number of hydrogen-bond acceptors (Lipinski definition) is 3. The molecule has 2 aromatic carbocycles. The largest absolute Gasteiger partial charge is 0.351 e. The number of amides is 2. The molecule has 1 aromatic heterocycles. The van der Waals surface area contributed by atoms with E-state index < -0.39 is 5.54 Å². The Morgan fingerprint density at radius 2 is 1.54 bits per heavy atom. The van der Waals surface area contributed by atoms with Gasteiger partial charge in [0.1, 0.15) is 11.2 Å². The van der Waals surface area contributed by atoms with Crippen LogP contribution in [0.15, 0.2) is 60.7 Å². The highest BCUT2D eigenvalue weighted by Gasteiger charge is 2.36. The van der Waals surface area contributed by atoms with Crippen LogP contribution in [0.4, 0.5) is 0 Å². The van der Waals surface area contributed by atoms with E-state index in [0.717, 1.165) is 16.5 Å². The van der Waals surface area contributed by atoms with Gasteiger partial charge in [-0.05, 0) is 24.6 Å². The minimum atomic E-state index is -1.08. The number of carbonyl (C=O) groups excluding carboxylic acids is 2. The van der Waals surface area contributed by atoms with Gasteiger partial charge in [-0.15, -0.1) is 0 Å². The van der Waals surface area contributed by atoms with Crippen molar-refractivity contribution in [3.63, 3.8) is 0 Å². The maximum Gasteiger partial charge on any atom is 0.270 e. The molecule has 1 unspecified atom stereocenters. The number of carbonyl (C=O) groups is 2. The number of nitrogens with one attached hydrogen (secondary N) is 1. The molecule has 3 N–H and O–H groups in total. The van der Waals surface area contributed by atoms with Gasteiger partial charge >= 0.3 is 0 Å². The molecule has 0 radical (unpaired) electrons. The van der Waals surface area contributed by atoms with Gasteiger partial charge in [0, 0.05) is 37.1 Å². The highest BCUT2D eigenvalue weighted by atomic mass is 16.2. The van der Waals surface area contributed by atoms with E-state index in [1.165, 1.54) is 0 Å². The van der Waals surface area contributed by atoms with Gasteiger partial charge < -0.3 is 20.5 Å². The van der Waals surface area contributed by atoms with Crippen molar-refractivity contribution in [1.82, 2.24) is 14.8 Å². The molecule has 6 heteroatoms. The number of aromatic nitrogens is 1. The number of H-pyrrole nitrogens is 1. The number of benzene rings is 2. The van der Waals surface area contributed by atoms with Crippen molar-refractivity contribution in [1.29, 1.82) is 0 Å². The summed E-state index contributed by atoms with van der Waals surface area (Å²) in [7, 11) is 0. The molecule has 0 bridgehead atoms. The number of para-hydroxylation sites is 1. The maximum absolute atomic E-state index is 13.0. The lowest BCUT2D eigenvalue weighted by atomic mass is 9.91. The Bertz CT molecular complexity index is 969. The van der Waals surface area contributed by atoms with Gasteiger partial charge in [0.2, 0.25) is 5.91 Å². The number of nitrogens with zero attached hydrogens (tertiary/aromatic N) is 2. The second-order valence-corrected chi connectivity index (χ2v) is 7.42. The molecule has 2 heterocycles. The third-order valence-corrected chi connectivity index (χ3v) is 5.43. The van der Waals surface area contributed by atoms with E-state index in [9.17, 15) is 9.59 Å². The lowest BCUT2D eigenvalue weighted by molar-refractivity contribution is -0.138. The van der Waals surface area contributed by atoms with Crippen LogP contribution in [0.25, 0.3) is 10.9 Å². The summed E-state index contributed by atoms with van der Waals surface area (Å²) in [6, 6.07) is 19.1. The maximum atomic E-state index is 13.0. The van der Waals surface area contributed by atoms with Crippen LogP contribution >= 0.6 is 0 Å². The average Bonchev–Trinajstić information content (AvgIpc) is 3.17. The minimum Gasteiger partial charge on any atom is -0.351 e. The van der Waals surface area contributed by atoms with Gasteiger partial charge in [-0.3, -0.25) is 9.59 Å². The number of fused-ring (bicyclic) bond motifs is 1. The van der Waals surface area contributed by atoms with Crippen LogP contribution < -0.4 is 5.73 Å². The lowest BCUT2D eigenvalue weighted by Crippen LogP contribution is -2.57. The number of rotatable bonds is 3. The fraction of sp³-hybridized carbons (Fsp3) is 0.273. The molecule has 28 heavy (non-hydrogen) atoms. The second kappa shape index (κ2) is 7.13. The second-order valence-electron chi connectivity index (χ2n) is 7.42. The summed E-state index contributed by atoms with van der Waals surface area (Å²) in [4.78, 5) is 32.5. The summed E-state index contributed by atoms with van der Waals surface area (Å²) in [5, 5.41) is 1.02. The fourth-order valence-electron chi connectivity index (χ4n) is 3.71. The number of hydrogen-bond donors (Lipinski definition) is 2. The standard InChI is InChI=1S/C22H24N4O2/c1-22(23,17-8-3-2-4-9-17)21(28)26-13-11-25(12-14-26)20(27)19-15-16-7-5-6-10-18(16)24-19/h2-10,15,24H,11-14,23H2,1H3. The zero-order valence-corrected chi connectivity index (χ0v) is 15.9. The molecule has 1 atom stereocenters. The Labute approximate surface area is 163 Å². The molecule has 0 spiro atoms. The summed E-state index contributed by atoms with van der Waals surface area (Å²) in [6.07, 6.45) is 0. The molecule has 2 amide bonds. The van der Waals surface area contributed by atoms with E-state index in [0.29, 0.717) is 31.9 Å². The zero-order chi connectivity index (χ0) is 19.7. The van der Waals surface area contributed by atoms with E-state index in [1.54, 1.807) is 16.7 Å². The van der Waals surface area contributed by atoms with E-state index in [-0.39, 0.29) is 11.8 Å². The molecule has 0 saturated carbocycles. The third kappa shape index (κ3) is 3.27. The monoisotopic (exact) mass is 376 g/mol. The summed E-state index contributed by atoms with van der Waals surface area (Å²) >= 11 is 0. The van der Waals surface area contributed by atoms with Gasteiger partial charge in [-0.2, -0.15) is 0 Å². The topological polar surface area (TPSA) is 82.4 Å². The fourth-order valence-corrected chi connectivity index (χ4v) is 3.71. The molecule has 6 nitrogen and oxygen atoms in total. The smallest absolute Gasteiger partial charge is 0.270 e. The van der Waals surface area contributed by atoms with Crippen LogP contribution in [0, 0.1) is 0 Å². The van der Waals surface area contributed by atoms with E-state index in [4.69, 9.17) is 5.73 Å². The van der Waals surface area contributed by atoms with Crippen LogP contribution in [-0.2, 0) is 10.3 Å². The van der Waals surface area contributed by atoms with Crippen LogP contribution in [0.3, 0.4) is 0 Å². The molecule has 1 fully saturated rings.